The maximum Gasteiger partial charge on any atom is 0.169 e. The van der Waals surface area contributed by atoms with Gasteiger partial charge in [0.05, 0.1) is 18.9 Å². The maximum atomic E-state index is 8.77. The number of nitrogens with zero attached hydrogens (tertiary/aromatic N) is 5. The van der Waals surface area contributed by atoms with Crippen LogP contribution in [0.3, 0.4) is 0 Å². The largest absolute Gasteiger partial charge is 0.394 e. The van der Waals surface area contributed by atoms with E-state index < -0.39 is 0 Å². The average molecular weight is 419 g/mol. The fourth-order valence-electron chi connectivity index (χ4n) is 4.43. The predicted octanol–water partition coefficient (Wildman–Crippen LogP) is 1.91. The van der Waals surface area contributed by atoms with Crippen molar-refractivity contribution >= 4 is 28.8 Å². The average Bonchev–Trinajstić information content (AvgIpc) is 2.99. The topological polar surface area (TPSA) is 101 Å². The van der Waals surface area contributed by atoms with Crippen LogP contribution in [-0.2, 0) is 11.2 Å². The van der Waals surface area contributed by atoms with Crippen molar-refractivity contribution in [2.24, 2.45) is 0 Å². The summed E-state index contributed by atoms with van der Waals surface area (Å²) in [5.74, 6) is 0.428. The van der Waals surface area contributed by atoms with Gasteiger partial charge in [-0.1, -0.05) is 11.6 Å². The third kappa shape index (κ3) is 4.55. The number of pyridine rings is 1. The number of halogens is 1. The molecule has 2 aliphatic heterocycles. The zero-order valence-corrected chi connectivity index (χ0v) is 17.1. The van der Waals surface area contributed by atoms with Gasteiger partial charge in [-0.15, -0.1) is 10.2 Å². The Labute approximate surface area is 175 Å². The van der Waals surface area contributed by atoms with Crippen molar-refractivity contribution in [1.82, 2.24) is 15.2 Å². The van der Waals surface area contributed by atoms with Gasteiger partial charge in [-0.2, -0.15) is 0 Å². The first kappa shape index (κ1) is 20.1. The number of hydrogen-bond donors (Lipinski definition) is 2. The molecular weight excluding hydrogens is 392 g/mol. The lowest BCUT2D eigenvalue weighted by Crippen LogP contribution is -2.54. The summed E-state index contributed by atoms with van der Waals surface area (Å²) in [5, 5.41) is 16.9. The van der Waals surface area contributed by atoms with E-state index in [2.05, 4.69) is 37.1 Å². The van der Waals surface area contributed by atoms with Crippen LogP contribution in [0.1, 0.15) is 25.0 Å². The second-order valence-electron chi connectivity index (χ2n) is 7.58. The molecule has 2 fully saturated rings. The van der Waals surface area contributed by atoms with Crippen LogP contribution in [0, 0.1) is 0 Å². The van der Waals surface area contributed by atoms with Crippen LogP contribution in [0.5, 0.6) is 0 Å². The van der Waals surface area contributed by atoms with Crippen molar-refractivity contribution < 1.29 is 9.84 Å². The Balaban J connectivity index is 1.43. The van der Waals surface area contributed by atoms with E-state index in [9.17, 15) is 0 Å². The number of aromatic nitrogens is 3. The summed E-state index contributed by atoms with van der Waals surface area (Å²) in [7, 11) is 0. The molecule has 156 valence electrons. The molecule has 3 N–H and O–H groups in total. The van der Waals surface area contributed by atoms with Gasteiger partial charge in [-0.25, -0.2) is 0 Å². The Morgan fingerprint density at radius 3 is 2.72 bits per heavy atom. The standard InChI is InChI=1S/C20H27ClN6O2/c21-19-11-18(20(22)25-24-19)26-12-16-3-4-17(13-26)27(16)15-5-6-23-14(10-15)2-1-8-29-9-7-28/h5-6,10-11,16-17,28H,1-4,7-9,12-13H2,(H2,22,25). The molecule has 29 heavy (non-hydrogen) atoms. The third-order valence-corrected chi connectivity index (χ3v) is 5.83. The molecule has 0 saturated carbocycles. The van der Waals surface area contributed by atoms with Crippen LogP contribution in [0.2, 0.25) is 5.15 Å². The lowest BCUT2D eigenvalue weighted by atomic mass is 10.1. The van der Waals surface area contributed by atoms with E-state index in [1.54, 1.807) is 0 Å². The molecule has 2 unspecified atom stereocenters. The SMILES string of the molecule is Nc1nnc(Cl)cc1N1CC2CCC(C1)N2c1ccnc(CCCOCCO)c1. The number of nitrogens with two attached hydrogens (primary N) is 1. The molecule has 2 saturated heterocycles. The van der Waals surface area contributed by atoms with Gasteiger partial charge in [0, 0.05) is 55.4 Å². The van der Waals surface area contributed by atoms with Gasteiger partial charge < -0.3 is 25.4 Å². The van der Waals surface area contributed by atoms with Crippen LogP contribution < -0.4 is 15.5 Å². The first-order chi connectivity index (χ1) is 14.2. The third-order valence-electron chi connectivity index (χ3n) is 5.65. The molecule has 0 spiro atoms. The number of nitrogen functional groups attached to an aromatic ring is 1. The Hall–Kier alpha value is -2.16. The number of anilines is 3. The molecule has 2 bridgehead atoms. The molecule has 0 aliphatic carbocycles. The Morgan fingerprint density at radius 1 is 1.17 bits per heavy atom. The van der Waals surface area contributed by atoms with E-state index in [1.165, 1.54) is 5.69 Å². The molecule has 0 radical (unpaired) electrons. The van der Waals surface area contributed by atoms with Crippen molar-refractivity contribution in [3.05, 3.63) is 35.2 Å². The zero-order chi connectivity index (χ0) is 20.2. The number of piperazine rings is 1. The van der Waals surface area contributed by atoms with Crippen LogP contribution in [0.4, 0.5) is 17.2 Å². The van der Waals surface area contributed by atoms with Crippen molar-refractivity contribution in [1.29, 1.82) is 0 Å². The van der Waals surface area contributed by atoms with Crippen LogP contribution >= 0.6 is 11.6 Å². The lowest BCUT2D eigenvalue weighted by molar-refractivity contribution is 0.0908. The summed E-state index contributed by atoms with van der Waals surface area (Å²) in [5.41, 5.74) is 9.24. The Morgan fingerprint density at radius 2 is 1.97 bits per heavy atom. The molecule has 0 aromatic carbocycles. The molecule has 4 heterocycles. The van der Waals surface area contributed by atoms with E-state index in [0.717, 1.165) is 50.2 Å². The van der Waals surface area contributed by atoms with Gasteiger partial charge in [0.2, 0.25) is 0 Å². The van der Waals surface area contributed by atoms with E-state index >= 15 is 0 Å². The number of fused-ring (bicyclic) bond motifs is 2. The molecular formula is C20H27ClN6O2. The van der Waals surface area contributed by atoms with Crippen molar-refractivity contribution in [3.8, 4) is 0 Å². The zero-order valence-electron chi connectivity index (χ0n) is 16.4. The summed E-state index contributed by atoms with van der Waals surface area (Å²) in [4.78, 5) is 9.34. The van der Waals surface area contributed by atoms with Crippen molar-refractivity contribution in [2.45, 2.75) is 37.8 Å². The van der Waals surface area contributed by atoms with Gasteiger partial charge in [-0.3, -0.25) is 4.98 Å². The summed E-state index contributed by atoms with van der Waals surface area (Å²) in [6, 6.07) is 6.95. The molecule has 9 heteroatoms. The number of aliphatic hydroxyl groups excluding tert-OH is 1. The van der Waals surface area contributed by atoms with Crippen molar-refractivity contribution in [3.63, 3.8) is 0 Å². The highest BCUT2D eigenvalue weighted by molar-refractivity contribution is 6.29. The second kappa shape index (κ2) is 9.11. The number of aryl methyl sites for hydroxylation is 1. The molecule has 2 atom stereocenters. The summed E-state index contributed by atoms with van der Waals surface area (Å²) in [6.07, 6.45) is 5.97. The fraction of sp³-hybridized carbons (Fsp3) is 0.550. The smallest absolute Gasteiger partial charge is 0.169 e. The van der Waals surface area contributed by atoms with E-state index in [-0.39, 0.29) is 6.61 Å². The molecule has 2 aliphatic rings. The predicted molar refractivity (Wildman–Crippen MR) is 113 cm³/mol. The highest BCUT2D eigenvalue weighted by Crippen LogP contribution is 2.37. The van der Waals surface area contributed by atoms with Crippen LogP contribution in [0.25, 0.3) is 0 Å². The van der Waals surface area contributed by atoms with Crippen LogP contribution in [-0.4, -0.2) is 65.3 Å². The lowest BCUT2D eigenvalue weighted by Gasteiger charge is -2.43. The van der Waals surface area contributed by atoms with E-state index in [1.807, 2.05) is 12.3 Å². The molecule has 2 aromatic heterocycles. The minimum Gasteiger partial charge on any atom is -0.394 e. The van der Waals surface area contributed by atoms with Crippen LogP contribution in [0.15, 0.2) is 24.4 Å². The minimum atomic E-state index is 0.0654. The summed E-state index contributed by atoms with van der Waals surface area (Å²) >= 11 is 6.04. The number of aliphatic hydroxyl groups is 1. The molecule has 0 amide bonds. The quantitative estimate of drug-likeness (QED) is 0.627. The van der Waals surface area contributed by atoms with Gasteiger partial charge in [0.25, 0.3) is 0 Å². The molecule has 2 aromatic rings. The normalized spacial score (nSPS) is 21.0. The molecule has 4 rings (SSSR count). The monoisotopic (exact) mass is 418 g/mol. The van der Waals surface area contributed by atoms with E-state index in [4.69, 9.17) is 27.2 Å². The first-order valence-electron chi connectivity index (χ1n) is 10.1. The maximum absolute atomic E-state index is 8.77. The van der Waals surface area contributed by atoms with Gasteiger partial charge in [0.15, 0.2) is 11.0 Å². The first-order valence-corrected chi connectivity index (χ1v) is 10.5. The summed E-state index contributed by atoms with van der Waals surface area (Å²) in [6.45, 7) is 2.87. The highest BCUT2D eigenvalue weighted by Gasteiger charge is 2.40. The number of hydrogen-bond acceptors (Lipinski definition) is 8. The fourth-order valence-corrected chi connectivity index (χ4v) is 4.57. The molecule has 8 nitrogen and oxygen atoms in total. The van der Waals surface area contributed by atoms with Crippen molar-refractivity contribution in [2.75, 3.05) is 48.4 Å². The van der Waals surface area contributed by atoms with Gasteiger partial charge in [-0.05, 0) is 37.8 Å². The minimum absolute atomic E-state index is 0.0654. The number of rotatable bonds is 8. The van der Waals surface area contributed by atoms with Gasteiger partial charge in [0.1, 0.15) is 0 Å². The Kier molecular flexibility index (Phi) is 6.32. The van der Waals surface area contributed by atoms with E-state index in [0.29, 0.717) is 36.3 Å². The van der Waals surface area contributed by atoms with Gasteiger partial charge >= 0.3 is 0 Å². The second-order valence-corrected chi connectivity index (χ2v) is 7.97. The highest BCUT2D eigenvalue weighted by atomic mass is 35.5. The Bertz CT molecular complexity index is 824. The summed E-state index contributed by atoms with van der Waals surface area (Å²) < 4.78 is 5.34. The number of ether oxygens (including phenoxy) is 1.